The number of nitrogens with zero attached hydrogens (tertiary/aromatic N) is 3. The molecule has 1 aliphatic heterocycles. The van der Waals surface area contributed by atoms with Crippen molar-refractivity contribution in [2.45, 2.75) is 25.9 Å². The third-order valence-electron chi connectivity index (χ3n) is 4.45. The van der Waals surface area contributed by atoms with Crippen molar-refractivity contribution in [2.24, 2.45) is 0 Å². The van der Waals surface area contributed by atoms with Crippen LogP contribution < -0.4 is 9.47 Å². The van der Waals surface area contributed by atoms with Gasteiger partial charge in [-0.2, -0.15) is 0 Å². The van der Waals surface area contributed by atoms with Crippen molar-refractivity contribution in [3.63, 3.8) is 0 Å². The Kier molecular flexibility index (Phi) is 5.78. The van der Waals surface area contributed by atoms with Gasteiger partial charge in [-0.05, 0) is 43.8 Å². The molecule has 1 aromatic heterocycles. The van der Waals surface area contributed by atoms with Crippen LogP contribution in [0.2, 0.25) is 0 Å². The van der Waals surface area contributed by atoms with Gasteiger partial charge >= 0.3 is 0 Å². The molecule has 0 N–H and O–H groups in total. The normalized spacial score (nSPS) is 13.7. The first-order valence-electron chi connectivity index (χ1n) is 8.59. The van der Waals surface area contributed by atoms with Crippen LogP contribution in [0, 0.1) is 0 Å². The number of rotatable bonds is 6. The van der Waals surface area contributed by atoms with Crippen LogP contribution >= 0.6 is 11.3 Å². The number of amides is 1. The standard InChI is InChI=1S/C19H25N3O3S/c1-21(2)11-18-20-15(12-26-18)9-19(23)22-6-5-13-7-16(24-3)17(25-4)8-14(13)10-22/h7-8,12H,5-6,9-11H2,1-4H3. The highest BCUT2D eigenvalue weighted by Gasteiger charge is 2.23. The quantitative estimate of drug-likeness (QED) is 0.776. The van der Waals surface area contributed by atoms with Crippen LogP contribution in [0.25, 0.3) is 0 Å². The van der Waals surface area contributed by atoms with Crippen LogP contribution in [0.5, 0.6) is 11.5 Å². The summed E-state index contributed by atoms with van der Waals surface area (Å²) in [5.74, 6) is 1.56. The number of carbonyl (C=O) groups is 1. The van der Waals surface area contributed by atoms with Crippen LogP contribution in [-0.2, 0) is 30.7 Å². The molecular weight excluding hydrogens is 350 g/mol. The predicted molar refractivity (Wildman–Crippen MR) is 102 cm³/mol. The Hall–Kier alpha value is -2.12. The summed E-state index contributed by atoms with van der Waals surface area (Å²) in [6, 6.07) is 4.00. The smallest absolute Gasteiger partial charge is 0.228 e. The van der Waals surface area contributed by atoms with Gasteiger partial charge in [0.05, 0.1) is 26.3 Å². The maximum absolute atomic E-state index is 12.7. The van der Waals surface area contributed by atoms with E-state index in [1.165, 1.54) is 5.56 Å². The maximum atomic E-state index is 12.7. The molecule has 3 rings (SSSR count). The van der Waals surface area contributed by atoms with Gasteiger partial charge in [-0.25, -0.2) is 4.98 Å². The first-order valence-corrected chi connectivity index (χ1v) is 9.47. The highest BCUT2D eigenvalue weighted by Crippen LogP contribution is 2.33. The van der Waals surface area contributed by atoms with E-state index in [0.717, 1.165) is 41.5 Å². The van der Waals surface area contributed by atoms with Gasteiger partial charge in [0.2, 0.25) is 5.91 Å². The van der Waals surface area contributed by atoms with Crippen molar-refractivity contribution in [1.29, 1.82) is 0 Å². The third kappa shape index (κ3) is 4.16. The Morgan fingerprint density at radius 3 is 2.58 bits per heavy atom. The summed E-state index contributed by atoms with van der Waals surface area (Å²) in [5.41, 5.74) is 3.19. The zero-order valence-corrected chi connectivity index (χ0v) is 16.6. The summed E-state index contributed by atoms with van der Waals surface area (Å²) < 4.78 is 10.8. The molecule has 7 heteroatoms. The molecule has 26 heavy (non-hydrogen) atoms. The Morgan fingerprint density at radius 1 is 1.23 bits per heavy atom. The first kappa shape index (κ1) is 18.7. The predicted octanol–water partition coefficient (Wildman–Crippen LogP) is 2.35. The molecule has 6 nitrogen and oxygen atoms in total. The number of hydrogen-bond acceptors (Lipinski definition) is 6. The average molecular weight is 375 g/mol. The fourth-order valence-electron chi connectivity index (χ4n) is 3.14. The summed E-state index contributed by atoms with van der Waals surface area (Å²) in [6.45, 7) is 2.12. The lowest BCUT2D eigenvalue weighted by Gasteiger charge is -2.29. The number of carbonyl (C=O) groups excluding carboxylic acids is 1. The van der Waals surface area contributed by atoms with Gasteiger partial charge in [-0.3, -0.25) is 4.79 Å². The average Bonchev–Trinajstić information content (AvgIpc) is 3.05. The second kappa shape index (κ2) is 8.05. The molecule has 1 aromatic carbocycles. The van der Waals surface area contributed by atoms with Gasteiger partial charge in [0.1, 0.15) is 5.01 Å². The van der Waals surface area contributed by atoms with E-state index < -0.39 is 0 Å². The molecule has 0 fully saturated rings. The van der Waals surface area contributed by atoms with E-state index in [9.17, 15) is 4.79 Å². The van der Waals surface area contributed by atoms with E-state index in [0.29, 0.717) is 18.7 Å². The van der Waals surface area contributed by atoms with Crippen LogP contribution in [0.15, 0.2) is 17.5 Å². The molecular formula is C19H25N3O3S. The molecule has 2 aromatic rings. The van der Waals surface area contributed by atoms with Gasteiger partial charge in [0.25, 0.3) is 0 Å². The largest absolute Gasteiger partial charge is 0.493 e. The summed E-state index contributed by atoms with van der Waals surface area (Å²) in [5, 5.41) is 3.03. The Bertz CT molecular complexity index is 788. The lowest BCUT2D eigenvalue weighted by atomic mass is 9.98. The SMILES string of the molecule is COc1cc2c(cc1OC)CN(C(=O)Cc1csc(CN(C)C)n1)CC2. The minimum Gasteiger partial charge on any atom is -0.493 e. The third-order valence-corrected chi connectivity index (χ3v) is 5.34. The van der Waals surface area contributed by atoms with Gasteiger partial charge in [0.15, 0.2) is 11.5 Å². The van der Waals surface area contributed by atoms with E-state index in [1.54, 1.807) is 25.6 Å². The van der Waals surface area contributed by atoms with Crippen LogP contribution in [0.1, 0.15) is 21.8 Å². The van der Waals surface area contributed by atoms with E-state index in [4.69, 9.17) is 9.47 Å². The summed E-state index contributed by atoms with van der Waals surface area (Å²) in [6.07, 6.45) is 1.18. The summed E-state index contributed by atoms with van der Waals surface area (Å²) >= 11 is 1.61. The molecule has 0 atom stereocenters. The molecule has 0 unspecified atom stereocenters. The topological polar surface area (TPSA) is 54.9 Å². The Morgan fingerprint density at radius 2 is 1.92 bits per heavy atom. The molecule has 0 spiro atoms. The van der Waals surface area contributed by atoms with Crippen molar-refractivity contribution in [2.75, 3.05) is 34.9 Å². The summed E-state index contributed by atoms with van der Waals surface area (Å²) in [7, 11) is 7.30. The molecule has 0 saturated carbocycles. The molecule has 140 valence electrons. The van der Waals surface area contributed by atoms with E-state index in [2.05, 4.69) is 9.88 Å². The number of thiazole rings is 1. The van der Waals surface area contributed by atoms with Crippen LogP contribution in [-0.4, -0.2) is 55.6 Å². The lowest BCUT2D eigenvalue weighted by molar-refractivity contribution is -0.131. The van der Waals surface area contributed by atoms with Gasteiger partial charge < -0.3 is 19.3 Å². The first-order chi connectivity index (χ1) is 12.5. The molecule has 1 aliphatic rings. The fraction of sp³-hybridized carbons (Fsp3) is 0.474. The maximum Gasteiger partial charge on any atom is 0.228 e. The molecule has 1 amide bonds. The lowest BCUT2D eigenvalue weighted by Crippen LogP contribution is -2.37. The fourth-order valence-corrected chi connectivity index (χ4v) is 4.05. The second-order valence-electron chi connectivity index (χ2n) is 6.69. The van der Waals surface area contributed by atoms with E-state index >= 15 is 0 Å². The van der Waals surface area contributed by atoms with Crippen LogP contribution in [0.3, 0.4) is 0 Å². The van der Waals surface area contributed by atoms with Crippen molar-refractivity contribution in [1.82, 2.24) is 14.8 Å². The van der Waals surface area contributed by atoms with E-state index in [1.807, 2.05) is 36.5 Å². The number of aromatic nitrogens is 1. The van der Waals surface area contributed by atoms with E-state index in [-0.39, 0.29) is 5.91 Å². The zero-order valence-electron chi connectivity index (χ0n) is 15.7. The molecule has 2 heterocycles. The zero-order chi connectivity index (χ0) is 18.7. The minimum atomic E-state index is 0.118. The molecule has 0 radical (unpaired) electrons. The monoisotopic (exact) mass is 375 g/mol. The van der Waals surface area contributed by atoms with Crippen LogP contribution in [0.4, 0.5) is 0 Å². The van der Waals surface area contributed by atoms with Crippen molar-refractivity contribution in [3.8, 4) is 11.5 Å². The number of methoxy groups -OCH3 is 2. The molecule has 0 bridgehead atoms. The number of benzene rings is 1. The number of fused-ring (bicyclic) bond motifs is 1. The summed E-state index contributed by atoms with van der Waals surface area (Å²) in [4.78, 5) is 21.3. The minimum absolute atomic E-state index is 0.118. The molecule has 0 aliphatic carbocycles. The van der Waals surface area contributed by atoms with Crippen molar-refractivity contribution in [3.05, 3.63) is 39.3 Å². The second-order valence-corrected chi connectivity index (χ2v) is 7.63. The number of hydrogen-bond donors (Lipinski definition) is 0. The van der Waals surface area contributed by atoms with Crippen molar-refractivity contribution >= 4 is 17.2 Å². The van der Waals surface area contributed by atoms with Gasteiger partial charge in [-0.1, -0.05) is 0 Å². The van der Waals surface area contributed by atoms with Crippen molar-refractivity contribution < 1.29 is 14.3 Å². The molecule has 0 saturated heterocycles. The van der Waals surface area contributed by atoms with Gasteiger partial charge in [0, 0.05) is 25.0 Å². The highest BCUT2D eigenvalue weighted by molar-refractivity contribution is 7.09. The highest BCUT2D eigenvalue weighted by atomic mass is 32.1. The number of ether oxygens (including phenoxy) is 2. The Labute approximate surface area is 158 Å². The Balaban J connectivity index is 1.68. The van der Waals surface area contributed by atoms with Gasteiger partial charge in [-0.15, -0.1) is 11.3 Å².